The standard InChI is InChI=1S/C25H31N5O4/c1-3-4-6-19(13-26)22(28-21-8-10-34-16-21)11-17(2)27-25(33)30-9-5-7-18-12-20(14-31)23(15-32)29-24(18)30/h4,6,11-12,15,21,28,31H,3,5,7-10,14,16H2,1-2H3,(H,27,33)/b6-4+,17-11+,22-19-. The molecule has 9 nitrogen and oxygen atoms in total. The van der Waals surface area contributed by atoms with E-state index in [1.165, 1.54) is 4.90 Å². The molecule has 2 aliphatic heterocycles. The molecule has 1 fully saturated rings. The van der Waals surface area contributed by atoms with Crippen molar-refractivity contribution in [3.8, 4) is 6.07 Å². The van der Waals surface area contributed by atoms with E-state index in [2.05, 4.69) is 21.7 Å². The second kappa shape index (κ2) is 12.1. The number of allylic oxidation sites excluding steroid dienone is 5. The van der Waals surface area contributed by atoms with Crippen molar-refractivity contribution in [2.24, 2.45) is 0 Å². The summed E-state index contributed by atoms with van der Waals surface area (Å²) >= 11 is 0. The number of aryl methyl sites for hydroxylation is 1. The van der Waals surface area contributed by atoms with Crippen LogP contribution in [0.5, 0.6) is 0 Å². The van der Waals surface area contributed by atoms with Gasteiger partial charge < -0.3 is 20.5 Å². The van der Waals surface area contributed by atoms with Crippen LogP contribution in [0.25, 0.3) is 0 Å². The highest BCUT2D eigenvalue weighted by atomic mass is 16.5. The van der Waals surface area contributed by atoms with Gasteiger partial charge in [0.15, 0.2) is 6.29 Å². The number of rotatable bonds is 8. The molecule has 1 unspecified atom stereocenters. The molecule has 9 heteroatoms. The third-order valence-corrected chi connectivity index (χ3v) is 5.69. The minimum atomic E-state index is -0.373. The third-order valence-electron chi connectivity index (χ3n) is 5.69. The molecule has 1 aromatic heterocycles. The van der Waals surface area contributed by atoms with Crippen LogP contribution in [0, 0.1) is 11.3 Å². The first kappa shape index (κ1) is 25.1. The molecular weight excluding hydrogens is 434 g/mol. The Bertz CT molecular complexity index is 1050. The van der Waals surface area contributed by atoms with Crippen molar-refractivity contribution < 1.29 is 19.4 Å². The number of urea groups is 1. The van der Waals surface area contributed by atoms with E-state index in [1.807, 2.05) is 13.0 Å². The molecular formula is C25H31N5O4. The number of aldehydes is 1. The average molecular weight is 466 g/mol. The molecule has 34 heavy (non-hydrogen) atoms. The first-order valence-corrected chi connectivity index (χ1v) is 11.5. The Morgan fingerprint density at radius 1 is 1.47 bits per heavy atom. The largest absolute Gasteiger partial charge is 0.392 e. The SMILES string of the molecule is CC/C=C/C(C#N)=C(\C=C(/C)NC(=O)N1CCCc2cc(CO)c(C=O)nc21)NC1CCOC1. The van der Waals surface area contributed by atoms with Gasteiger partial charge in [0.2, 0.25) is 0 Å². The first-order valence-electron chi connectivity index (χ1n) is 11.5. The van der Waals surface area contributed by atoms with Crippen molar-refractivity contribution in [1.29, 1.82) is 5.26 Å². The van der Waals surface area contributed by atoms with Crippen molar-refractivity contribution >= 4 is 18.1 Å². The van der Waals surface area contributed by atoms with E-state index in [-0.39, 0.29) is 24.4 Å². The molecule has 2 amide bonds. The van der Waals surface area contributed by atoms with Gasteiger partial charge in [-0.2, -0.15) is 5.26 Å². The van der Waals surface area contributed by atoms with E-state index >= 15 is 0 Å². The first-order chi connectivity index (χ1) is 16.5. The number of fused-ring (bicyclic) bond motifs is 1. The number of hydrogen-bond acceptors (Lipinski definition) is 7. The number of aliphatic hydroxyl groups is 1. The fourth-order valence-corrected chi connectivity index (χ4v) is 3.96. The van der Waals surface area contributed by atoms with Crippen molar-refractivity contribution in [1.82, 2.24) is 15.6 Å². The lowest BCUT2D eigenvalue weighted by atomic mass is 10.0. The molecule has 0 aliphatic carbocycles. The topological polar surface area (TPSA) is 128 Å². The minimum Gasteiger partial charge on any atom is -0.392 e. The second-order valence-electron chi connectivity index (χ2n) is 8.26. The lowest BCUT2D eigenvalue weighted by Crippen LogP contribution is -2.43. The number of aliphatic hydroxyl groups excluding tert-OH is 1. The van der Waals surface area contributed by atoms with Gasteiger partial charge in [-0.1, -0.05) is 13.0 Å². The zero-order valence-electron chi connectivity index (χ0n) is 19.6. The van der Waals surface area contributed by atoms with Crippen LogP contribution in [0.15, 0.2) is 41.3 Å². The van der Waals surface area contributed by atoms with Gasteiger partial charge in [-0.05, 0) is 56.4 Å². The number of carbonyl (C=O) groups excluding carboxylic acids is 2. The lowest BCUT2D eigenvalue weighted by Gasteiger charge is -2.29. The molecule has 3 rings (SSSR count). The fourth-order valence-electron chi connectivity index (χ4n) is 3.96. The number of hydrogen-bond donors (Lipinski definition) is 3. The molecule has 0 saturated carbocycles. The van der Waals surface area contributed by atoms with Crippen LogP contribution < -0.4 is 15.5 Å². The molecule has 3 heterocycles. The van der Waals surface area contributed by atoms with Gasteiger partial charge in [0.25, 0.3) is 0 Å². The van der Waals surface area contributed by atoms with Gasteiger partial charge in [-0.25, -0.2) is 9.78 Å². The monoisotopic (exact) mass is 465 g/mol. The molecule has 3 N–H and O–H groups in total. The number of carbonyl (C=O) groups is 2. The highest BCUT2D eigenvalue weighted by molar-refractivity contribution is 5.93. The summed E-state index contributed by atoms with van der Waals surface area (Å²) in [6, 6.07) is 3.68. The van der Waals surface area contributed by atoms with Gasteiger partial charge in [-0.15, -0.1) is 0 Å². The Labute approximate surface area is 199 Å². The highest BCUT2D eigenvalue weighted by Gasteiger charge is 2.26. The van der Waals surface area contributed by atoms with Crippen molar-refractivity contribution in [3.63, 3.8) is 0 Å². The molecule has 1 saturated heterocycles. The zero-order valence-corrected chi connectivity index (χ0v) is 19.6. The summed E-state index contributed by atoms with van der Waals surface area (Å²) in [7, 11) is 0. The number of nitriles is 1. The summed E-state index contributed by atoms with van der Waals surface area (Å²) in [4.78, 5) is 30.4. The quantitative estimate of drug-likeness (QED) is 0.306. The number of nitrogens with one attached hydrogen (secondary N) is 2. The van der Waals surface area contributed by atoms with Crippen LogP contribution >= 0.6 is 0 Å². The molecule has 1 atom stereocenters. The van der Waals surface area contributed by atoms with Crippen LogP contribution in [-0.2, 0) is 17.8 Å². The number of aromatic nitrogens is 1. The average Bonchev–Trinajstić information content (AvgIpc) is 3.36. The number of amides is 2. The van der Waals surface area contributed by atoms with E-state index in [0.717, 1.165) is 24.8 Å². The maximum absolute atomic E-state index is 13.1. The Hall–Kier alpha value is -3.48. The normalized spacial score (nSPS) is 18.8. The summed E-state index contributed by atoms with van der Waals surface area (Å²) in [6.07, 6.45) is 9.11. The van der Waals surface area contributed by atoms with Gasteiger partial charge in [-0.3, -0.25) is 9.69 Å². The molecule has 0 bridgehead atoms. The summed E-state index contributed by atoms with van der Waals surface area (Å²) in [5.41, 5.74) is 3.04. The summed E-state index contributed by atoms with van der Waals surface area (Å²) in [5.74, 6) is 0.427. The van der Waals surface area contributed by atoms with Crippen LogP contribution in [0.1, 0.15) is 54.7 Å². The van der Waals surface area contributed by atoms with Crippen LogP contribution in [0.2, 0.25) is 0 Å². The number of anilines is 1. The third kappa shape index (κ3) is 6.10. The second-order valence-corrected chi connectivity index (χ2v) is 8.26. The smallest absolute Gasteiger partial charge is 0.327 e. The van der Waals surface area contributed by atoms with Gasteiger partial charge in [0.05, 0.1) is 30.5 Å². The maximum Gasteiger partial charge on any atom is 0.327 e. The Balaban J connectivity index is 1.85. The maximum atomic E-state index is 13.1. The van der Waals surface area contributed by atoms with Gasteiger partial charge in [0.1, 0.15) is 17.6 Å². The molecule has 0 radical (unpaired) electrons. The van der Waals surface area contributed by atoms with E-state index in [9.17, 15) is 20.0 Å². The zero-order chi connectivity index (χ0) is 24.5. The number of ether oxygens (including phenoxy) is 1. The Morgan fingerprint density at radius 2 is 2.29 bits per heavy atom. The van der Waals surface area contributed by atoms with E-state index in [1.54, 1.807) is 25.1 Å². The summed E-state index contributed by atoms with van der Waals surface area (Å²) in [5, 5.41) is 25.4. The molecule has 180 valence electrons. The Morgan fingerprint density at radius 3 is 2.94 bits per heavy atom. The van der Waals surface area contributed by atoms with Gasteiger partial charge in [0, 0.05) is 24.4 Å². The highest BCUT2D eigenvalue weighted by Crippen LogP contribution is 2.27. The summed E-state index contributed by atoms with van der Waals surface area (Å²) in [6.45, 7) is 5.15. The van der Waals surface area contributed by atoms with E-state index in [4.69, 9.17) is 4.74 Å². The van der Waals surface area contributed by atoms with Crippen molar-refractivity contribution in [2.75, 3.05) is 24.7 Å². The summed E-state index contributed by atoms with van der Waals surface area (Å²) < 4.78 is 5.44. The lowest BCUT2D eigenvalue weighted by molar-refractivity contribution is 0.111. The number of nitrogens with zero attached hydrogens (tertiary/aromatic N) is 3. The Kier molecular flexibility index (Phi) is 8.96. The molecule has 0 spiro atoms. The van der Waals surface area contributed by atoms with E-state index in [0.29, 0.717) is 60.8 Å². The van der Waals surface area contributed by atoms with Crippen LogP contribution in [0.3, 0.4) is 0 Å². The molecule has 2 aliphatic rings. The minimum absolute atomic E-state index is 0.0915. The van der Waals surface area contributed by atoms with Crippen molar-refractivity contribution in [3.05, 3.63) is 58.1 Å². The molecule has 0 aromatic carbocycles. The fraction of sp³-hybridized carbons (Fsp3) is 0.440. The van der Waals surface area contributed by atoms with Crippen molar-refractivity contribution in [2.45, 2.75) is 52.2 Å². The van der Waals surface area contributed by atoms with E-state index < -0.39 is 0 Å². The predicted octanol–water partition coefficient (Wildman–Crippen LogP) is 2.87. The molecule has 1 aromatic rings. The van der Waals surface area contributed by atoms with Gasteiger partial charge >= 0.3 is 6.03 Å². The van der Waals surface area contributed by atoms with Crippen LogP contribution in [-0.4, -0.2) is 48.2 Å². The van der Waals surface area contributed by atoms with Crippen LogP contribution in [0.4, 0.5) is 10.6 Å². The number of pyridine rings is 1. The predicted molar refractivity (Wildman–Crippen MR) is 128 cm³/mol.